The van der Waals surface area contributed by atoms with Crippen LogP contribution in [-0.4, -0.2) is 11.2 Å². The van der Waals surface area contributed by atoms with Crippen LogP contribution in [-0.2, 0) is 5.60 Å². The van der Waals surface area contributed by atoms with Crippen molar-refractivity contribution < 1.29 is 14.2 Å². The second kappa shape index (κ2) is 3.95. The summed E-state index contributed by atoms with van der Waals surface area (Å²) in [5.74, 6) is 0.282. The Hall–Kier alpha value is -0.610. The van der Waals surface area contributed by atoms with Crippen molar-refractivity contribution >= 4 is 15.9 Å². The molecule has 1 N–H and O–H groups in total. The van der Waals surface area contributed by atoms with E-state index in [9.17, 15) is 9.50 Å². The lowest BCUT2D eigenvalue weighted by Gasteiger charge is -2.29. The second-order valence-corrected chi connectivity index (χ2v) is 5.82. The smallest absolute Gasteiger partial charge is 0.140 e. The molecule has 1 aromatic rings. The molecule has 0 bridgehead atoms. The van der Waals surface area contributed by atoms with E-state index in [2.05, 4.69) is 15.9 Å². The third kappa shape index (κ3) is 2.08. The summed E-state index contributed by atoms with van der Waals surface area (Å²) >= 11 is 3.32. The molecule has 2 aliphatic carbocycles. The SMILES string of the molecule is OC1(c2cc(F)cc(Br)c2OC2CCC2)CC1. The summed E-state index contributed by atoms with van der Waals surface area (Å²) in [5, 5.41) is 10.2. The van der Waals surface area contributed by atoms with Crippen LogP contribution in [0.1, 0.15) is 37.7 Å². The fraction of sp³-hybridized carbons (Fsp3) is 0.538. The van der Waals surface area contributed by atoms with Crippen LogP contribution >= 0.6 is 15.9 Å². The zero-order valence-corrected chi connectivity index (χ0v) is 11.0. The lowest BCUT2D eigenvalue weighted by atomic mass is 9.96. The van der Waals surface area contributed by atoms with E-state index in [0.717, 1.165) is 12.8 Å². The van der Waals surface area contributed by atoms with Crippen molar-refractivity contribution in [2.75, 3.05) is 0 Å². The number of halogens is 2. The van der Waals surface area contributed by atoms with Crippen LogP contribution in [0.2, 0.25) is 0 Å². The van der Waals surface area contributed by atoms with Crippen molar-refractivity contribution in [3.8, 4) is 5.75 Å². The molecule has 2 nitrogen and oxygen atoms in total. The van der Waals surface area contributed by atoms with E-state index in [1.807, 2.05) is 0 Å². The van der Waals surface area contributed by atoms with E-state index in [4.69, 9.17) is 4.74 Å². The monoisotopic (exact) mass is 300 g/mol. The van der Waals surface area contributed by atoms with Gasteiger partial charge < -0.3 is 9.84 Å². The average molecular weight is 301 g/mol. The number of hydrogen-bond donors (Lipinski definition) is 1. The van der Waals surface area contributed by atoms with Crippen LogP contribution in [0.4, 0.5) is 4.39 Å². The predicted molar refractivity (Wildman–Crippen MR) is 65.5 cm³/mol. The Morgan fingerprint density at radius 1 is 1.35 bits per heavy atom. The highest BCUT2D eigenvalue weighted by molar-refractivity contribution is 9.10. The van der Waals surface area contributed by atoms with Crippen molar-refractivity contribution in [1.29, 1.82) is 0 Å². The van der Waals surface area contributed by atoms with Gasteiger partial charge in [-0.15, -0.1) is 0 Å². The Bertz CT molecular complexity index is 453. The van der Waals surface area contributed by atoms with Gasteiger partial charge in [0.1, 0.15) is 11.6 Å². The standard InChI is InChI=1S/C13H14BrFO2/c14-11-7-8(15)6-10(13(16)4-5-13)12(11)17-9-2-1-3-9/h6-7,9,16H,1-5H2. The summed E-state index contributed by atoms with van der Waals surface area (Å²) in [6.07, 6.45) is 4.86. The number of hydrogen-bond acceptors (Lipinski definition) is 2. The third-order valence-electron chi connectivity index (χ3n) is 3.57. The van der Waals surface area contributed by atoms with Crippen LogP contribution in [0.25, 0.3) is 0 Å². The zero-order valence-electron chi connectivity index (χ0n) is 9.38. The average Bonchev–Trinajstić information content (AvgIpc) is 2.93. The maximum absolute atomic E-state index is 13.4. The van der Waals surface area contributed by atoms with Crippen LogP contribution in [0.5, 0.6) is 5.75 Å². The fourth-order valence-electron chi connectivity index (χ4n) is 2.07. The van der Waals surface area contributed by atoms with Crippen molar-refractivity contribution in [2.24, 2.45) is 0 Å². The highest BCUT2D eigenvalue weighted by Gasteiger charge is 2.45. The van der Waals surface area contributed by atoms with Crippen LogP contribution in [0.15, 0.2) is 16.6 Å². The van der Waals surface area contributed by atoms with Crippen molar-refractivity contribution in [3.63, 3.8) is 0 Å². The van der Waals surface area contributed by atoms with E-state index in [-0.39, 0.29) is 11.9 Å². The van der Waals surface area contributed by atoms with Gasteiger partial charge in [0.15, 0.2) is 0 Å². The Morgan fingerprint density at radius 3 is 2.59 bits per heavy atom. The number of ether oxygens (including phenoxy) is 1. The molecule has 0 aromatic heterocycles. The molecule has 2 aliphatic rings. The van der Waals surface area contributed by atoms with E-state index in [1.165, 1.54) is 18.6 Å². The molecule has 0 spiro atoms. The van der Waals surface area contributed by atoms with E-state index in [0.29, 0.717) is 28.6 Å². The minimum Gasteiger partial charge on any atom is -0.489 e. The Balaban J connectivity index is 1.98. The van der Waals surface area contributed by atoms with E-state index < -0.39 is 5.60 Å². The second-order valence-electron chi connectivity index (χ2n) is 4.97. The maximum atomic E-state index is 13.4. The highest BCUT2D eigenvalue weighted by Crippen LogP contribution is 2.51. The first-order valence-electron chi connectivity index (χ1n) is 5.97. The summed E-state index contributed by atoms with van der Waals surface area (Å²) in [6, 6.07) is 2.79. The van der Waals surface area contributed by atoms with Gasteiger partial charge >= 0.3 is 0 Å². The quantitative estimate of drug-likeness (QED) is 0.926. The fourth-order valence-corrected chi connectivity index (χ4v) is 2.59. The zero-order chi connectivity index (χ0) is 12.0. The summed E-state index contributed by atoms with van der Waals surface area (Å²) in [6.45, 7) is 0. The Labute approximate surface area is 108 Å². The van der Waals surface area contributed by atoms with E-state index >= 15 is 0 Å². The number of aliphatic hydroxyl groups is 1. The first-order valence-corrected chi connectivity index (χ1v) is 6.76. The molecule has 92 valence electrons. The predicted octanol–water partition coefficient (Wildman–Crippen LogP) is 3.50. The molecular formula is C13H14BrFO2. The molecule has 0 heterocycles. The topological polar surface area (TPSA) is 29.5 Å². The van der Waals surface area contributed by atoms with Crippen LogP contribution in [0.3, 0.4) is 0 Å². The van der Waals surface area contributed by atoms with Gasteiger partial charge in [0.05, 0.1) is 16.2 Å². The summed E-state index contributed by atoms with van der Waals surface area (Å²) in [5.41, 5.74) is -0.278. The molecule has 2 fully saturated rings. The molecule has 17 heavy (non-hydrogen) atoms. The molecule has 0 amide bonds. The largest absolute Gasteiger partial charge is 0.489 e. The maximum Gasteiger partial charge on any atom is 0.140 e. The third-order valence-corrected chi connectivity index (χ3v) is 4.16. The highest BCUT2D eigenvalue weighted by atomic mass is 79.9. The minimum atomic E-state index is -0.871. The number of benzene rings is 1. The van der Waals surface area contributed by atoms with Gasteiger partial charge in [-0.2, -0.15) is 0 Å². The summed E-state index contributed by atoms with van der Waals surface area (Å²) in [4.78, 5) is 0. The molecule has 1 aromatic carbocycles. The van der Waals surface area contributed by atoms with Gasteiger partial charge in [-0.1, -0.05) is 0 Å². The minimum absolute atomic E-state index is 0.220. The summed E-state index contributed by atoms with van der Waals surface area (Å²) in [7, 11) is 0. The Kier molecular flexibility index (Phi) is 2.67. The molecular weight excluding hydrogens is 287 g/mol. The molecule has 2 saturated carbocycles. The van der Waals surface area contributed by atoms with Gasteiger partial charge in [-0.05, 0) is 60.2 Å². The first kappa shape index (κ1) is 11.5. The first-order chi connectivity index (χ1) is 8.08. The normalized spacial score (nSPS) is 22.1. The molecule has 0 unspecified atom stereocenters. The number of rotatable bonds is 3. The van der Waals surface area contributed by atoms with E-state index in [1.54, 1.807) is 0 Å². The van der Waals surface area contributed by atoms with Crippen LogP contribution < -0.4 is 4.74 Å². The van der Waals surface area contributed by atoms with Gasteiger partial charge in [-0.25, -0.2) is 4.39 Å². The van der Waals surface area contributed by atoms with Crippen LogP contribution in [0, 0.1) is 5.82 Å². The Morgan fingerprint density at radius 2 is 2.06 bits per heavy atom. The van der Waals surface area contributed by atoms with Gasteiger partial charge in [0.2, 0.25) is 0 Å². The lowest BCUT2D eigenvalue weighted by Crippen LogP contribution is -2.26. The van der Waals surface area contributed by atoms with Gasteiger partial charge in [-0.3, -0.25) is 0 Å². The van der Waals surface area contributed by atoms with Crippen molar-refractivity contribution in [1.82, 2.24) is 0 Å². The molecule has 0 aliphatic heterocycles. The molecule has 3 rings (SSSR count). The van der Waals surface area contributed by atoms with Gasteiger partial charge in [0.25, 0.3) is 0 Å². The summed E-state index contributed by atoms with van der Waals surface area (Å²) < 4.78 is 19.9. The lowest BCUT2D eigenvalue weighted by molar-refractivity contribution is 0.103. The molecule has 0 radical (unpaired) electrons. The molecule has 0 atom stereocenters. The van der Waals surface area contributed by atoms with Crippen molar-refractivity contribution in [3.05, 3.63) is 28.0 Å². The molecule has 4 heteroatoms. The van der Waals surface area contributed by atoms with Crippen molar-refractivity contribution in [2.45, 2.75) is 43.8 Å². The van der Waals surface area contributed by atoms with Gasteiger partial charge in [0, 0.05) is 5.56 Å². The molecule has 0 saturated heterocycles.